The Balaban J connectivity index is 1.43. The van der Waals surface area contributed by atoms with Crippen molar-refractivity contribution >= 4 is 40.9 Å². The fraction of sp³-hybridized carbons (Fsp3) is 0. The van der Waals surface area contributed by atoms with Crippen molar-refractivity contribution in [3.8, 4) is 29.1 Å². The first-order valence-corrected chi connectivity index (χ1v) is 11.9. The normalized spacial score (nSPS) is 14.1. The van der Waals surface area contributed by atoms with Crippen LogP contribution in [0.5, 0.6) is 23.0 Å². The molecule has 2 amide bonds. The maximum Gasteiger partial charge on any atom is 0.270 e. The molecule has 0 radical (unpaired) electrons. The smallest absolute Gasteiger partial charge is 0.270 e. The van der Waals surface area contributed by atoms with Gasteiger partial charge in [0.2, 0.25) is 0 Å². The van der Waals surface area contributed by atoms with Crippen molar-refractivity contribution in [1.82, 2.24) is 5.32 Å². The predicted octanol–water partition coefficient (Wildman–Crippen LogP) is 5.97. The van der Waals surface area contributed by atoms with Gasteiger partial charge in [-0.15, -0.1) is 0 Å². The molecule has 1 saturated heterocycles. The number of carbonyl (C=O) groups excluding carboxylic acids is 2. The molecule has 7 nitrogen and oxygen atoms in total. The fourth-order valence-corrected chi connectivity index (χ4v) is 4.08. The third-order valence-electron chi connectivity index (χ3n) is 5.62. The average molecular weight is 518 g/mol. The highest BCUT2D eigenvalue weighted by atomic mass is 32.1. The van der Waals surface area contributed by atoms with Gasteiger partial charge < -0.3 is 9.47 Å². The molecule has 0 spiro atoms. The minimum Gasteiger partial charge on any atom is -0.457 e. The van der Waals surface area contributed by atoms with Gasteiger partial charge in [0, 0.05) is 5.56 Å². The zero-order valence-electron chi connectivity index (χ0n) is 19.8. The summed E-state index contributed by atoms with van der Waals surface area (Å²) in [5.41, 5.74) is 1.20. The molecule has 1 heterocycles. The summed E-state index contributed by atoms with van der Waals surface area (Å²) in [6.07, 6.45) is 1.45. The van der Waals surface area contributed by atoms with E-state index in [1.54, 1.807) is 72.8 Å². The lowest BCUT2D eigenvalue weighted by Gasteiger charge is -2.29. The van der Waals surface area contributed by atoms with Gasteiger partial charge in [-0.2, -0.15) is 5.26 Å². The number of nitriles is 1. The van der Waals surface area contributed by atoms with Crippen LogP contribution in [0.4, 0.5) is 5.69 Å². The van der Waals surface area contributed by atoms with Crippen LogP contribution in [0.2, 0.25) is 0 Å². The largest absolute Gasteiger partial charge is 0.457 e. The minimum atomic E-state index is -0.618. The molecular formula is C30H19N3O4S. The summed E-state index contributed by atoms with van der Waals surface area (Å²) < 4.78 is 11.8. The summed E-state index contributed by atoms with van der Waals surface area (Å²) in [5, 5.41) is 11.9. The molecule has 5 rings (SSSR count). The Morgan fingerprint density at radius 1 is 0.763 bits per heavy atom. The van der Waals surface area contributed by atoms with E-state index < -0.39 is 11.8 Å². The lowest BCUT2D eigenvalue weighted by molar-refractivity contribution is -0.122. The standard InChI is InChI=1S/C30H19N3O4S/c31-19-21-9-5-7-13-27(21)37-26-12-6-4-8-20(26)18-25-28(34)32-30(38)33(29(25)35)22-14-16-24(17-15-22)36-23-10-2-1-3-11-23/h1-18H,(H,32,34,38)/b25-18+. The summed E-state index contributed by atoms with van der Waals surface area (Å²) in [7, 11) is 0. The van der Waals surface area contributed by atoms with E-state index in [4.69, 9.17) is 21.7 Å². The number of ether oxygens (including phenoxy) is 2. The molecule has 1 N–H and O–H groups in total. The molecule has 38 heavy (non-hydrogen) atoms. The summed E-state index contributed by atoms with van der Waals surface area (Å²) in [6, 6.07) is 31.9. The van der Waals surface area contributed by atoms with E-state index in [-0.39, 0.29) is 10.7 Å². The Bertz CT molecular complexity index is 1610. The highest BCUT2D eigenvalue weighted by molar-refractivity contribution is 7.80. The number of amides is 2. The first kappa shape index (κ1) is 24.4. The van der Waals surface area contributed by atoms with Gasteiger partial charge in [0.1, 0.15) is 34.6 Å². The van der Waals surface area contributed by atoms with Crippen LogP contribution in [0.15, 0.2) is 109 Å². The molecule has 1 aliphatic rings. The van der Waals surface area contributed by atoms with Crippen LogP contribution >= 0.6 is 12.2 Å². The van der Waals surface area contributed by atoms with Crippen LogP contribution in [0.3, 0.4) is 0 Å². The summed E-state index contributed by atoms with van der Waals surface area (Å²) in [6.45, 7) is 0. The van der Waals surface area contributed by atoms with Crippen molar-refractivity contribution in [2.24, 2.45) is 0 Å². The van der Waals surface area contributed by atoms with Gasteiger partial charge in [0.15, 0.2) is 5.11 Å². The van der Waals surface area contributed by atoms with Gasteiger partial charge >= 0.3 is 0 Å². The number of hydrogen-bond acceptors (Lipinski definition) is 6. The lowest BCUT2D eigenvalue weighted by atomic mass is 10.1. The van der Waals surface area contributed by atoms with Crippen molar-refractivity contribution < 1.29 is 19.1 Å². The second-order valence-corrected chi connectivity index (χ2v) is 8.50. The second kappa shape index (κ2) is 10.8. The van der Waals surface area contributed by atoms with Crippen molar-refractivity contribution in [2.75, 3.05) is 4.90 Å². The first-order chi connectivity index (χ1) is 18.5. The van der Waals surface area contributed by atoms with Gasteiger partial charge in [-0.3, -0.25) is 19.8 Å². The Labute approximate surface area is 224 Å². The molecule has 184 valence electrons. The Hall–Kier alpha value is -5.26. The van der Waals surface area contributed by atoms with Crippen molar-refractivity contribution in [3.63, 3.8) is 0 Å². The van der Waals surface area contributed by atoms with E-state index in [0.717, 1.165) is 0 Å². The Morgan fingerprint density at radius 2 is 1.39 bits per heavy atom. The quantitative estimate of drug-likeness (QED) is 0.192. The van der Waals surface area contributed by atoms with Gasteiger partial charge in [-0.1, -0.05) is 48.5 Å². The van der Waals surface area contributed by atoms with E-state index in [2.05, 4.69) is 11.4 Å². The predicted molar refractivity (Wildman–Crippen MR) is 147 cm³/mol. The molecule has 4 aromatic carbocycles. The zero-order chi connectivity index (χ0) is 26.5. The fourth-order valence-electron chi connectivity index (χ4n) is 3.79. The molecule has 0 aromatic heterocycles. The number of hydrogen-bond donors (Lipinski definition) is 1. The molecule has 0 aliphatic carbocycles. The van der Waals surface area contributed by atoms with Crippen molar-refractivity contribution in [2.45, 2.75) is 0 Å². The van der Waals surface area contributed by atoms with E-state index in [0.29, 0.717) is 39.8 Å². The van der Waals surface area contributed by atoms with Crippen molar-refractivity contribution in [3.05, 3.63) is 120 Å². The summed E-state index contributed by atoms with van der Waals surface area (Å²) >= 11 is 5.32. The molecule has 4 aromatic rings. The van der Waals surface area contributed by atoms with Crippen LogP contribution in [0.1, 0.15) is 11.1 Å². The summed E-state index contributed by atoms with van der Waals surface area (Å²) in [5.74, 6) is 0.806. The number of benzene rings is 4. The third-order valence-corrected chi connectivity index (χ3v) is 5.91. The number of nitrogens with one attached hydrogen (secondary N) is 1. The Kier molecular flexibility index (Phi) is 6.93. The molecule has 0 saturated carbocycles. The SMILES string of the molecule is N#Cc1ccccc1Oc1ccccc1/C=C1\C(=O)NC(=S)N(c2ccc(Oc3ccccc3)cc2)C1=O. The second-order valence-electron chi connectivity index (χ2n) is 8.11. The number of rotatable bonds is 6. The number of anilines is 1. The van der Waals surface area contributed by atoms with Gasteiger partial charge in [-0.25, -0.2) is 0 Å². The highest BCUT2D eigenvalue weighted by Crippen LogP contribution is 2.31. The molecule has 8 heteroatoms. The van der Waals surface area contributed by atoms with E-state index in [9.17, 15) is 14.9 Å². The first-order valence-electron chi connectivity index (χ1n) is 11.5. The zero-order valence-corrected chi connectivity index (χ0v) is 20.6. The summed E-state index contributed by atoms with van der Waals surface area (Å²) in [4.78, 5) is 27.6. The van der Waals surface area contributed by atoms with Crippen LogP contribution in [-0.4, -0.2) is 16.9 Å². The lowest BCUT2D eigenvalue weighted by Crippen LogP contribution is -2.54. The molecule has 0 unspecified atom stereocenters. The third kappa shape index (κ3) is 5.14. The monoisotopic (exact) mass is 517 g/mol. The number of para-hydroxylation sites is 3. The van der Waals surface area contributed by atoms with E-state index in [1.807, 2.05) is 30.3 Å². The molecular weight excluding hydrogens is 498 g/mol. The van der Waals surface area contributed by atoms with Crippen LogP contribution < -0.4 is 19.7 Å². The number of thiocarbonyl (C=S) groups is 1. The van der Waals surface area contributed by atoms with Crippen molar-refractivity contribution in [1.29, 1.82) is 5.26 Å². The number of carbonyl (C=O) groups is 2. The molecule has 1 fully saturated rings. The molecule has 0 bridgehead atoms. The maximum atomic E-state index is 13.5. The van der Waals surface area contributed by atoms with E-state index >= 15 is 0 Å². The molecule has 0 atom stereocenters. The topological polar surface area (TPSA) is 91.7 Å². The van der Waals surface area contributed by atoms with E-state index in [1.165, 1.54) is 11.0 Å². The Morgan fingerprint density at radius 3 is 2.13 bits per heavy atom. The number of nitrogens with zero attached hydrogens (tertiary/aromatic N) is 2. The maximum absolute atomic E-state index is 13.5. The van der Waals surface area contributed by atoms with Crippen LogP contribution in [-0.2, 0) is 9.59 Å². The van der Waals surface area contributed by atoms with Crippen LogP contribution in [0, 0.1) is 11.3 Å². The highest BCUT2D eigenvalue weighted by Gasteiger charge is 2.34. The van der Waals surface area contributed by atoms with Crippen LogP contribution in [0.25, 0.3) is 6.08 Å². The van der Waals surface area contributed by atoms with Gasteiger partial charge in [0.25, 0.3) is 11.8 Å². The van der Waals surface area contributed by atoms with Gasteiger partial charge in [0.05, 0.1) is 11.3 Å². The molecule has 1 aliphatic heterocycles. The van der Waals surface area contributed by atoms with Gasteiger partial charge in [-0.05, 0) is 72.9 Å². The minimum absolute atomic E-state index is 0.0265. The average Bonchev–Trinajstić information content (AvgIpc) is 2.93.